The lowest BCUT2D eigenvalue weighted by molar-refractivity contribution is 0.118. The van der Waals surface area contributed by atoms with Crippen LogP contribution >= 0.6 is 11.6 Å². The van der Waals surface area contributed by atoms with E-state index in [0.29, 0.717) is 17.1 Å². The van der Waals surface area contributed by atoms with Gasteiger partial charge in [0.1, 0.15) is 11.7 Å². The van der Waals surface area contributed by atoms with Crippen molar-refractivity contribution in [2.24, 2.45) is 9.98 Å². The number of fused-ring (bicyclic) bond motifs is 1. The minimum absolute atomic E-state index is 0.0773. The molecule has 0 N–H and O–H groups in total. The van der Waals surface area contributed by atoms with Crippen LogP contribution in [0.3, 0.4) is 0 Å². The van der Waals surface area contributed by atoms with E-state index in [1.807, 2.05) is 0 Å². The molecule has 3 heterocycles. The van der Waals surface area contributed by atoms with Gasteiger partial charge in [0.05, 0.1) is 18.6 Å². The molecule has 3 atom stereocenters. The van der Waals surface area contributed by atoms with Crippen molar-refractivity contribution >= 4 is 23.3 Å². The third-order valence-corrected chi connectivity index (χ3v) is 8.33. The molecule has 4 aliphatic rings. The number of hydrogen-bond acceptors (Lipinski definition) is 5. The fourth-order valence-corrected chi connectivity index (χ4v) is 5.86. The van der Waals surface area contributed by atoms with E-state index in [0.717, 1.165) is 63.8 Å². The lowest BCUT2D eigenvalue weighted by Gasteiger charge is -2.40. The van der Waals surface area contributed by atoms with Crippen molar-refractivity contribution in [1.82, 2.24) is 14.7 Å². The van der Waals surface area contributed by atoms with Gasteiger partial charge in [-0.2, -0.15) is 0 Å². The summed E-state index contributed by atoms with van der Waals surface area (Å²) in [5.41, 5.74) is 5.55. The minimum Gasteiger partial charge on any atom is -0.350 e. The van der Waals surface area contributed by atoms with E-state index in [1.165, 1.54) is 34.8 Å². The topological polar surface area (TPSA) is 34.2 Å². The SMILES string of the molecule is C=CC(=C)Cl.CC/C=C(\C)C(c1ccc(CCC)cc1)N1CCN(CC2=NC3C=CC=CC=C3C(N3CC3C)=N2)CC1. The van der Waals surface area contributed by atoms with Gasteiger partial charge in [0, 0.05) is 49.4 Å². The molecule has 3 unspecified atom stereocenters. The van der Waals surface area contributed by atoms with E-state index in [-0.39, 0.29) is 6.04 Å². The Hall–Kier alpha value is -2.99. The number of benzene rings is 1. The number of nitrogens with zero attached hydrogens (tertiary/aromatic N) is 5. The number of piperazine rings is 1. The van der Waals surface area contributed by atoms with Gasteiger partial charge in [-0.3, -0.25) is 14.8 Å². The molecule has 0 amide bonds. The maximum Gasteiger partial charge on any atom is 0.140 e. The van der Waals surface area contributed by atoms with Crippen molar-refractivity contribution < 1.29 is 0 Å². The molecular formula is C36H48ClN5. The zero-order valence-electron chi connectivity index (χ0n) is 26.0. The standard InChI is InChI=1S/C32H43N5.C4H5Cl/c1-5-10-24(3)31(27-16-14-26(11-6-2)15-17-27)36-20-18-35(19-21-36)23-30-33-29-13-9-7-8-12-28(29)32(34-30)37-22-25(37)4;1-3-4(2)5/h7-10,12-17,25,29,31H,5-6,11,18-23H2,1-4H3;3H,1-2H2/b24-10+;. The highest BCUT2D eigenvalue weighted by Gasteiger charge is 2.38. The Morgan fingerprint density at radius 2 is 1.79 bits per heavy atom. The van der Waals surface area contributed by atoms with Gasteiger partial charge in [0.15, 0.2) is 0 Å². The number of hydrogen-bond donors (Lipinski definition) is 0. The summed E-state index contributed by atoms with van der Waals surface area (Å²) >= 11 is 5.15. The number of amidine groups is 2. The second-order valence-corrected chi connectivity index (χ2v) is 12.0. The Balaban J connectivity index is 0.000000748. The first kappa shape index (κ1) is 31.9. The van der Waals surface area contributed by atoms with Gasteiger partial charge < -0.3 is 4.90 Å². The van der Waals surface area contributed by atoms with Crippen molar-refractivity contribution in [2.75, 3.05) is 39.3 Å². The molecule has 3 aliphatic heterocycles. The molecule has 6 heteroatoms. The molecule has 1 aromatic rings. The molecular weight excluding hydrogens is 538 g/mol. The first-order chi connectivity index (χ1) is 20.3. The zero-order valence-corrected chi connectivity index (χ0v) is 26.7. The zero-order chi connectivity index (χ0) is 30.1. The highest BCUT2D eigenvalue weighted by Crippen LogP contribution is 2.31. The molecule has 0 aromatic heterocycles. The fourth-order valence-electron chi connectivity index (χ4n) is 5.86. The molecule has 2 saturated heterocycles. The van der Waals surface area contributed by atoms with Gasteiger partial charge in [-0.05, 0) is 37.8 Å². The van der Waals surface area contributed by atoms with Crippen molar-refractivity contribution in [3.8, 4) is 0 Å². The van der Waals surface area contributed by atoms with E-state index in [4.69, 9.17) is 21.6 Å². The first-order valence-corrected chi connectivity index (χ1v) is 15.9. The quantitative estimate of drug-likeness (QED) is 0.171. The fraction of sp³-hybridized carbons (Fsp3) is 0.444. The minimum atomic E-state index is 0.0773. The van der Waals surface area contributed by atoms with Gasteiger partial charge in [-0.25, -0.2) is 4.99 Å². The first-order valence-electron chi connectivity index (χ1n) is 15.5. The average Bonchev–Trinajstić information content (AvgIpc) is 3.76. The van der Waals surface area contributed by atoms with Crippen molar-refractivity contribution in [2.45, 2.75) is 65.1 Å². The Kier molecular flexibility index (Phi) is 11.8. The Labute approximate surface area is 259 Å². The van der Waals surface area contributed by atoms with E-state index < -0.39 is 0 Å². The summed E-state index contributed by atoms with van der Waals surface area (Å²) in [7, 11) is 0. The van der Waals surface area contributed by atoms with Gasteiger partial charge in [0.25, 0.3) is 0 Å². The summed E-state index contributed by atoms with van der Waals surface area (Å²) in [6, 6.07) is 10.4. The monoisotopic (exact) mass is 585 g/mol. The van der Waals surface area contributed by atoms with E-state index in [2.05, 4.69) is 116 Å². The van der Waals surface area contributed by atoms with Crippen LogP contribution in [0.25, 0.3) is 0 Å². The summed E-state index contributed by atoms with van der Waals surface area (Å²) in [6.07, 6.45) is 18.0. The van der Waals surface area contributed by atoms with Crippen LogP contribution in [0.4, 0.5) is 0 Å². The summed E-state index contributed by atoms with van der Waals surface area (Å²) in [6.45, 7) is 21.8. The highest BCUT2D eigenvalue weighted by atomic mass is 35.5. The molecule has 5 rings (SSSR count). The largest absolute Gasteiger partial charge is 0.350 e. The van der Waals surface area contributed by atoms with Gasteiger partial charge >= 0.3 is 0 Å². The third-order valence-electron chi connectivity index (χ3n) is 8.17. The Bertz CT molecular complexity index is 1270. The number of aliphatic imine (C=N–C) groups is 2. The molecule has 42 heavy (non-hydrogen) atoms. The lowest BCUT2D eigenvalue weighted by atomic mass is 9.95. The smallest absolute Gasteiger partial charge is 0.140 e. The van der Waals surface area contributed by atoms with E-state index in [1.54, 1.807) is 0 Å². The van der Waals surface area contributed by atoms with Crippen LogP contribution in [0.5, 0.6) is 0 Å². The normalized spacial score (nSPS) is 23.0. The predicted molar refractivity (Wildman–Crippen MR) is 182 cm³/mol. The van der Waals surface area contributed by atoms with Crippen molar-refractivity contribution in [3.05, 3.63) is 107 Å². The van der Waals surface area contributed by atoms with Crippen LogP contribution < -0.4 is 0 Å². The molecule has 1 aliphatic carbocycles. The Morgan fingerprint density at radius 1 is 1.10 bits per heavy atom. The van der Waals surface area contributed by atoms with Crippen LogP contribution in [0.2, 0.25) is 0 Å². The molecule has 5 nitrogen and oxygen atoms in total. The maximum absolute atomic E-state index is 5.15. The predicted octanol–water partition coefficient (Wildman–Crippen LogP) is 7.51. The highest BCUT2D eigenvalue weighted by molar-refractivity contribution is 6.30. The second kappa shape index (κ2) is 15.5. The molecule has 2 fully saturated rings. The number of allylic oxidation sites excluding steroid dienone is 7. The molecule has 0 spiro atoms. The Morgan fingerprint density at radius 3 is 2.38 bits per heavy atom. The van der Waals surface area contributed by atoms with Crippen molar-refractivity contribution in [1.29, 1.82) is 0 Å². The number of halogens is 1. The lowest BCUT2D eigenvalue weighted by Crippen LogP contribution is -2.49. The molecule has 224 valence electrons. The summed E-state index contributed by atoms with van der Waals surface area (Å²) in [5.74, 6) is 2.10. The molecule has 1 aromatic carbocycles. The van der Waals surface area contributed by atoms with E-state index in [9.17, 15) is 0 Å². The van der Waals surface area contributed by atoms with Crippen LogP contribution in [-0.4, -0.2) is 77.7 Å². The molecule has 0 bridgehead atoms. The van der Waals surface area contributed by atoms with Crippen LogP contribution in [0, 0.1) is 0 Å². The molecule has 0 radical (unpaired) electrons. The van der Waals surface area contributed by atoms with Crippen LogP contribution in [0.15, 0.2) is 106 Å². The number of aryl methyl sites for hydroxylation is 1. The van der Waals surface area contributed by atoms with Gasteiger partial charge in [0.2, 0.25) is 0 Å². The van der Waals surface area contributed by atoms with Gasteiger partial charge in [-0.1, -0.05) is 117 Å². The summed E-state index contributed by atoms with van der Waals surface area (Å²) in [4.78, 5) is 17.8. The summed E-state index contributed by atoms with van der Waals surface area (Å²) in [5, 5.41) is 0.491. The van der Waals surface area contributed by atoms with E-state index >= 15 is 0 Å². The van der Waals surface area contributed by atoms with Crippen LogP contribution in [-0.2, 0) is 6.42 Å². The van der Waals surface area contributed by atoms with Crippen LogP contribution in [0.1, 0.15) is 57.7 Å². The van der Waals surface area contributed by atoms with Crippen molar-refractivity contribution in [3.63, 3.8) is 0 Å². The summed E-state index contributed by atoms with van der Waals surface area (Å²) < 4.78 is 0. The second-order valence-electron chi connectivity index (χ2n) is 11.5. The average molecular weight is 586 g/mol. The number of rotatable bonds is 9. The van der Waals surface area contributed by atoms with Gasteiger partial charge in [-0.15, -0.1) is 0 Å². The molecule has 0 saturated carbocycles. The third kappa shape index (κ3) is 8.53. The maximum atomic E-state index is 5.15.